The summed E-state index contributed by atoms with van der Waals surface area (Å²) >= 11 is 0. The maximum Gasteiger partial charge on any atom is 0.407 e. The third-order valence-corrected chi connectivity index (χ3v) is 6.05. The molecule has 33 heavy (non-hydrogen) atoms. The summed E-state index contributed by atoms with van der Waals surface area (Å²) in [5.41, 5.74) is 4.46. The number of amides is 2. The molecule has 2 aromatic rings. The molecule has 3 rings (SSSR count). The minimum absolute atomic E-state index is 0.0801. The number of carbonyl (C=O) groups is 3. The summed E-state index contributed by atoms with van der Waals surface area (Å²) in [5.74, 6) is -2.87. The van der Waals surface area contributed by atoms with Crippen LogP contribution < -0.4 is 10.6 Å². The standard InChI is InChI=1S/C25H30N2O6/c1-14(2)22(23(29)27-21(12-28)24(30)31)15(3)26-25(32)33-13-20-18-10-6-4-8-16(18)17-9-5-7-11-19(17)20/h4-11,14-15,20-22,28H,12-13H2,1-3H3,(H,26,32)(H,27,29)(H,30,31). The SMILES string of the molecule is CC(C)C(C(=O)NC(CO)C(=O)O)C(C)NC(=O)OCC1c2ccccc2-c2ccccc21. The number of nitrogens with one attached hydrogen (secondary N) is 2. The molecule has 1 aliphatic rings. The van der Waals surface area contributed by atoms with Crippen LogP contribution in [0.2, 0.25) is 0 Å². The quantitative estimate of drug-likeness (QED) is 0.462. The fraction of sp³-hybridized carbons (Fsp3) is 0.400. The van der Waals surface area contributed by atoms with E-state index in [4.69, 9.17) is 9.84 Å². The van der Waals surface area contributed by atoms with Gasteiger partial charge in [-0.05, 0) is 35.1 Å². The number of rotatable bonds is 9. The van der Waals surface area contributed by atoms with Crippen molar-refractivity contribution in [3.63, 3.8) is 0 Å². The highest BCUT2D eigenvalue weighted by atomic mass is 16.5. The Kier molecular flexibility index (Phi) is 7.71. The second kappa shape index (κ2) is 10.5. The van der Waals surface area contributed by atoms with E-state index in [-0.39, 0.29) is 18.4 Å². The summed E-state index contributed by atoms with van der Waals surface area (Å²) in [6.45, 7) is 4.70. The Hall–Kier alpha value is -3.39. The van der Waals surface area contributed by atoms with Crippen molar-refractivity contribution in [2.45, 2.75) is 38.8 Å². The summed E-state index contributed by atoms with van der Waals surface area (Å²) in [6, 6.07) is 14.0. The number of fused-ring (bicyclic) bond motifs is 3. The minimum Gasteiger partial charge on any atom is -0.480 e. The van der Waals surface area contributed by atoms with Gasteiger partial charge in [0.1, 0.15) is 12.6 Å². The zero-order valence-electron chi connectivity index (χ0n) is 18.9. The van der Waals surface area contributed by atoms with Gasteiger partial charge in [-0.1, -0.05) is 62.4 Å². The van der Waals surface area contributed by atoms with Gasteiger partial charge >= 0.3 is 12.1 Å². The van der Waals surface area contributed by atoms with Crippen LogP contribution in [0.3, 0.4) is 0 Å². The van der Waals surface area contributed by atoms with Crippen molar-refractivity contribution in [2.24, 2.45) is 11.8 Å². The van der Waals surface area contributed by atoms with E-state index in [1.54, 1.807) is 20.8 Å². The van der Waals surface area contributed by atoms with Crippen molar-refractivity contribution in [2.75, 3.05) is 13.2 Å². The highest BCUT2D eigenvalue weighted by Gasteiger charge is 2.33. The van der Waals surface area contributed by atoms with Crippen LogP contribution in [0.1, 0.15) is 37.8 Å². The van der Waals surface area contributed by atoms with Gasteiger partial charge in [0.15, 0.2) is 0 Å². The molecule has 3 atom stereocenters. The molecule has 0 saturated heterocycles. The molecule has 8 nitrogen and oxygen atoms in total. The highest BCUT2D eigenvalue weighted by Crippen LogP contribution is 2.44. The lowest BCUT2D eigenvalue weighted by Crippen LogP contribution is -2.52. The summed E-state index contributed by atoms with van der Waals surface area (Å²) in [6.07, 6.45) is -0.653. The maximum atomic E-state index is 12.6. The van der Waals surface area contributed by atoms with Crippen LogP contribution in [0.4, 0.5) is 4.79 Å². The van der Waals surface area contributed by atoms with Crippen LogP contribution in [0, 0.1) is 11.8 Å². The number of carboxylic acids is 1. The Morgan fingerprint density at radius 1 is 0.939 bits per heavy atom. The maximum absolute atomic E-state index is 12.6. The van der Waals surface area contributed by atoms with Crippen molar-refractivity contribution in [1.82, 2.24) is 10.6 Å². The Balaban J connectivity index is 1.64. The van der Waals surface area contributed by atoms with Crippen LogP contribution in [0.15, 0.2) is 48.5 Å². The van der Waals surface area contributed by atoms with Gasteiger partial charge < -0.3 is 25.6 Å². The van der Waals surface area contributed by atoms with Crippen molar-refractivity contribution >= 4 is 18.0 Å². The second-order valence-electron chi connectivity index (χ2n) is 8.61. The molecule has 8 heteroatoms. The van der Waals surface area contributed by atoms with E-state index in [1.165, 1.54) is 0 Å². The van der Waals surface area contributed by atoms with Gasteiger partial charge in [-0.25, -0.2) is 9.59 Å². The molecule has 1 aliphatic carbocycles. The number of benzene rings is 2. The van der Waals surface area contributed by atoms with E-state index in [2.05, 4.69) is 22.8 Å². The first-order chi connectivity index (χ1) is 15.7. The van der Waals surface area contributed by atoms with Gasteiger partial charge in [0.2, 0.25) is 5.91 Å². The Labute approximate surface area is 193 Å². The van der Waals surface area contributed by atoms with Gasteiger partial charge in [-0.2, -0.15) is 0 Å². The van der Waals surface area contributed by atoms with Crippen LogP contribution in [0.5, 0.6) is 0 Å². The highest BCUT2D eigenvalue weighted by molar-refractivity contribution is 5.86. The fourth-order valence-electron chi connectivity index (χ4n) is 4.48. The molecule has 2 aromatic carbocycles. The largest absolute Gasteiger partial charge is 0.480 e. The van der Waals surface area contributed by atoms with Crippen molar-refractivity contribution in [1.29, 1.82) is 0 Å². The van der Waals surface area contributed by atoms with E-state index in [1.807, 2.05) is 36.4 Å². The molecular weight excluding hydrogens is 424 g/mol. The van der Waals surface area contributed by atoms with E-state index < -0.39 is 42.6 Å². The average molecular weight is 455 g/mol. The molecule has 0 heterocycles. The van der Waals surface area contributed by atoms with Crippen LogP contribution in [-0.2, 0) is 14.3 Å². The summed E-state index contributed by atoms with van der Waals surface area (Å²) < 4.78 is 5.54. The van der Waals surface area contributed by atoms with Crippen molar-refractivity contribution in [3.8, 4) is 11.1 Å². The topological polar surface area (TPSA) is 125 Å². The summed E-state index contributed by atoms with van der Waals surface area (Å²) in [7, 11) is 0. The number of hydrogen-bond donors (Lipinski definition) is 4. The molecule has 0 bridgehead atoms. The number of carboxylic acid groups (broad SMARTS) is 1. The fourth-order valence-corrected chi connectivity index (χ4v) is 4.48. The molecule has 0 spiro atoms. The lowest BCUT2D eigenvalue weighted by Gasteiger charge is -2.28. The monoisotopic (exact) mass is 454 g/mol. The molecular formula is C25H30N2O6. The zero-order valence-corrected chi connectivity index (χ0v) is 18.9. The second-order valence-corrected chi connectivity index (χ2v) is 8.61. The number of aliphatic carboxylic acids is 1. The van der Waals surface area contributed by atoms with Crippen LogP contribution >= 0.6 is 0 Å². The Morgan fingerprint density at radius 2 is 1.48 bits per heavy atom. The first-order valence-electron chi connectivity index (χ1n) is 11.0. The Morgan fingerprint density at radius 3 is 1.97 bits per heavy atom. The smallest absolute Gasteiger partial charge is 0.407 e. The molecule has 3 unspecified atom stereocenters. The summed E-state index contributed by atoms with van der Waals surface area (Å²) in [4.78, 5) is 36.3. The van der Waals surface area contributed by atoms with E-state index >= 15 is 0 Å². The first kappa shape index (κ1) is 24.3. The molecule has 0 aliphatic heterocycles. The van der Waals surface area contributed by atoms with Crippen LogP contribution in [-0.4, -0.2) is 53.5 Å². The van der Waals surface area contributed by atoms with Gasteiger partial charge in [-0.3, -0.25) is 4.79 Å². The van der Waals surface area contributed by atoms with Gasteiger partial charge in [0.05, 0.1) is 12.5 Å². The van der Waals surface area contributed by atoms with Crippen molar-refractivity contribution in [3.05, 3.63) is 59.7 Å². The lowest BCUT2D eigenvalue weighted by molar-refractivity contribution is -0.144. The lowest BCUT2D eigenvalue weighted by atomic mass is 9.88. The molecule has 0 saturated carbocycles. The van der Waals surface area contributed by atoms with E-state index in [0.29, 0.717) is 0 Å². The van der Waals surface area contributed by atoms with Crippen LogP contribution in [0.25, 0.3) is 11.1 Å². The average Bonchev–Trinajstić information content (AvgIpc) is 3.09. The number of ether oxygens (including phenoxy) is 1. The number of aliphatic hydroxyl groups is 1. The molecule has 2 amide bonds. The number of aliphatic hydroxyl groups excluding tert-OH is 1. The Bertz CT molecular complexity index is 976. The van der Waals surface area contributed by atoms with Gasteiger partial charge in [0, 0.05) is 12.0 Å². The molecule has 0 radical (unpaired) electrons. The number of hydrogen-bond acceptors (Lipinski definition) is 5. The summed E-state index contributed by atoms with van der Waals surface area (Å²) in [5, 5.41) is 23.3. The third kappa shape index (κ3) is 5.34. The van der Waals surface area contributed by atoms with Crippen molar-refractivity contribution < 1.29 is 29.3 Å². The molecule has 176 valence electrons. The zero-order chi connectivity index (χ0) is 24.1. The number of carbonyl (C=O) groups excluding carboxylic acids is 2. The minimum atomic E-state index is -1.40. The van der Waals surface area contributed by atoms with E-state index in [9.17, 15) is 19.5 Å². The first-order valence-corrected chi connectivity index (χ1v) is 11.0. The molecule has 0 fully saturated rings. The predicted molar refractivity (Wildman–Crippen MR) is 123 cm³/mol. The van der Waals surface area contributed by atoms with E-state index in [0.717, 1.165) is 22.3 Å². The molecule has 4 N–H and O–H groups in total. The predicted octanol–water partition coefficient (Wildman–Crippen LogP) is 2.75. The number of alkyl carbamates (subject to hydrolysis) is 1. The third-order valence-electron chi connectivity index (χ3n) is 6.05. The van der Waals surface area contributed by atoms with Gasteiger partial charge in [0.25, 0.3) is 0 Å². The normalized spacial score (nSPS) is 15.2. The van der Waals surface area contributed by atoms with Gasteiger partial charge in [-0.15, -0.1) is 0 Å². The molecule has 0 aromatic heterocycles.